The van der Waals surface area contributed by atoms with Crippen LogP contribution < -0.4 is 5.32 Å². The van der Waals surface area contributed by atoms with Gasteiger partial charge in [0.2, 0.25) is 0 Å². The molecule has 2 rings (SSSR count). The molecule has 0 spiro atoms. The number of carbonyl (C=O) groups excluding carboxylic acids is 1. The Kier molecular flexibility index (Phi) is 4.30. The zero-order chi connectivity index (χ0) is 14.0. The quantitative estimate of drug-likeness (QED) is 0.927. The Hall–Kier alpha value is -1.29. The van der Waals surface area contributed by atoms with Gasteiger partial charge in [0.05, 0.1) is 10.6 Å². The molecular weight excluding hydrogens is 262 g/mol. The molecule has 0 aromatic carbocycles. The van der Waals surface area contributed by atoms with Gasteiger partial charge in [-0.2, -0.15) is 0 Å². The number of nitrogens with zero attached hydrogens (tertiary/aromatic N) is 2. The van der Waals surface area contributed by atoms with E-state index in [1.54, 1.807) is 13.1 Å². The predicted molar refractivity (Wildman–Crippen MR) is 77.6 cm³/mol. The lowest BCUT2D eigenvalue weighted by molar-refractivity contribution is 0.0784. The van der Waals surface area contributed by atoms with Crippen LogP contribution in [0.4, 0.5) is 5.82 Å². The van der Waals surface area contributed by atoms with E-state index in [2.05, 4.69) is 24.1 Å². The number of anilines is 1. The molecule has 1 N–H and O–H groups in total. The van der Waals surface area contributed by atoms with E-state index in [9.17, 15) is 4.79 Å². The van der Waals surface area contributed by atoms with Crippen LogP contribution in [0.25, 0.3) is 0 Å². The van der Waals surface area contributed by atoms with Gasteiger partial charge in [0.1, 0.15) is 5.82 Å². The van der Waals surface area contributed by atoms with E-state index in [0.717, 1.165) is 19.5 Å². The number of likely N-dealkylation sites (tertiary alicyclic amines) is 1. The van der Waals surface area contributed by atoms with E-state index in [4.69, 9.17) is 11.6 Å². The summed E-state index contributed by atoms with van der Waals surface area (Å²) in [7, 11) is 1.77. The highest BCUT2D eigenvalue weighted by molar-refractivity contribution is 6.33. The third kappa shape index (κ3) is 3.00. The number of nitrogens with one attached hydrogen (secondary N) is 1. The predicted octanol–water partition coefficient (Wildman–Crippen LogP) is 2.89. The van der Waals surface area contributed by atoms with Crippen LogP contribution in [0.2, 0.25) is 5.02 Å². The molecule has 104 valence electrons. The normalized spacial score (nSPS) is 19.0. The molecule has 1 aromatic rings. The Balaban J connectivity index is 2.16. The van der Waals surface area contributed by atoms with Gasteiger partial charge in [-0.25, -0.2) is 4.98 Å². The Morgan fingerprint density at radius 3 is 2.89 bits per heavy atom. The average molecular weight is 282 g/mol. The molecule has 19 heavy (non-hydrogen) atoms. The van der Waals surface area contributed by atoms with Gasteiger partial charge < -0.3 is 10.2 Å². The fourth-order valence-corrected chi connectivity index (χ4v) is 2.61. The molecule has 0 saturated carbocycles. The van der Waals surface area contributed by atoms with Gasteiger partial charge in [-0.15, -0.1) is 0 Å². The first-order valence-electron chi connectivity index (χ1n) is 6.65. The van der Waals surface area contributed by atoms with Crippen molar-refractivity contribution in [1.29, 1.82) is 0 Å². The molecule has 1 aromatic heterocycles. The molecule has 1 unspecified atom stereocenters. The van der Waals surface area contributed by atoms with E-state index < -0.39 is 0 Å². The average Bonchev–Trinajstić information content (AvgIpc) is 2.88. The van der Waals surface area contributed by atoms with Gasteiger partial charge in [0.15, 0.2) is 0 Å². The second-order valence-corrected chi connectivity index (χ2v) is 5.75. The summed E-state index contributed by atoms with van der Waals surface area (Å²) in [5.41, 5.74) is 0.533. The van der Waals surface area contributed by atoms with E-state index in [1.165, 1.54) is 6.20 Å². The molecule has 1 fully saturated rings. The number of amides is 1. The molecule has 2 heterocycles. The van der Waals surface area contributed by atoms with E-state index in [0.29, 0.717) is 28.2 Å². The van der Waals surface area contributed by atoms with Crippen molar-refractivity contribution in [3.8, 4) is 0 Å². The number of hydrogen-bond acceptors (Lipinski definition) is 3. The van der Waals surface area contributed by atoms with Crippen molar-refractivity contribution >= 4 is 23.3 Å². The summed E-state index contributed by atoms with van der Waals surface area (Å²) >= 11 is 6.09. The maximum Gasteiger partial charge on any atom is 0.255 e. The number of rotatable bonds is 3. The molecule has 0 radical (unpaired) electrons. The van der Waals surface area contributed by atoms with Crippen LogP contribution in [-0.2, 0) is 0 Å². The van der Waals surface area contributed by atoms with Crippen LogP contribution in [0.15, 0.2) is 12.3 Å². The standard InChI is InChI=1S/C14H20ClN3O/c1-9(2)10-4-5-18(8-10)14(19)11-6-13(16-3)17-7-12(11)15/h6-7,9-10H,4-5,8H2,1-3H3,(H,16,17). The van der Waals surface area contributed by atoms with Crippen molar-refractivity contribution in [3.63, 3.8) is 0 Å². The molecule has 0 aliphatic carbocycles. The van der Waals surface area contributed by atoms with Gasteiger partial charge >= 0.3 is 0 Å². The Morgan fingerprint density at radius 2 is 2.32 bits per heavy atom. The Bertz CT molecular complexity index is 476. The van der Waals surface area contributed by atoms with E-state index in [-0.39, 0.29) is 5.91 Å². The third-order valence-corrected chi connectivity index (χ3v) is 4.10. The Morgan fingerprint density at radius 1 is 1.58 bits per heavy atom. The van der Waals surface area contributed by atoms with Gasteiger partial charge in [-0.05, 0) is 24.3 Å². The fourth-order valence-electron chi connectivity index (χ4n) is 2.43. The molecule has 1 saturated heterocycles. The molecular formula is C14H20ClN3O. The smallest absolute Gasteiger partial charge is 0.255 e. The van der Waals surface area contributed by atoms with Crippen molar-refractivity contribution in [3.05, 3.63) is 22.8 Å². The second kappa shape index (κ2) is 5.78. The van der Waals surface area contributed by atoms with E-state index in [1.807, 2.05) is 4.90 Å². The van der Waals surface area contributed by atoms with Gasteiger partial charge in [-0.3, -0.25) is 4.79 Å². The minimum atomic E-state index is 0.00653. The maximum atomic E-state index is 12.5. The zero-order valence-electron chi connectivity index (χ0n) is 11.6. The lowest BCUT2D eigenvalue weighted by atomic mass is 9.95. The summed E-state index contributed by atoms with van der Waals surface area (Å²) in [6, 6.07) is 1.72. The van der Waals surface area contributed by atoms with Crippen LogP contribution in [0.1, 0.15) is 30.6 Å². The summed E-state index contributed by atoms with van der Waals surface area (Å²) in [6.07, 6.45) is 2.60. The molecule has 1 aliphatic rings. The van der Waals surface area contributed by atoms with Crippen molar-refractivity contribution in [2.45, 2.75) is 20.3 Å². The largest absolute Gasteiger partial charge is 0.373 e. The van der Waals surface area contributed by atoms with Gasteiger partial charge in [-0.1, -0.05) is 25.4 Å². The minimum absolute atomic E-state index is 0.00653. The number of pyridine rings is 1. The Labute approximate surface area is 119 Å². The highest BCUT2D eigenvalue weighted by Crippen LogP contribution is 2.27. The number of hydrogen-bond donors (Lipinski definition) is 1. The monoisotopic (exact) mass is 281 g/mol. The number of halogens is 1. The van der Waals surface area contributed by atoms with Crippen molar-refractivity contribution < 1.29 is 4.79 Å². The number of aromatic nitrogens is 1. The molecule has 1 amide bonds. The lowest BCUT2D eigenvalue weighted by Gasteiger charge is -2.19. The maximum absolute atomic E-state index is 12.5. The topological polar surface area (TPSA) is 45.2 Å². The number of carbonyl (C=O) groups is 1. The van der Waals surface area contributed by atoms with Crippen molar-refractivity contribution in [1.82, 2.24) is 9.88 Å². The lowest BCUT2D eigenvalue weighted by Crippen LogP contribution is -2.29. The summed E-state index contributed by atoms with van der Waals surface area (Å²) in [6.45, 7) is 6.05. The first-order chi connectivity index (χ1) is 9.02. The second-order valence-electron chi connectivity index (χ2n) is 5.34. The summed E-state index contributed by atoms with van der Waals surface area (Å²) in [4.78, 5) is 18.5. The van der Waals surface area contributed by atoms with Gasteiger partial charge in [0.25, 0.3) is 5.91 Å². The third-order valence-electron chi connectivity index (χ3n) is 3.80. The molecule has 4 nitrogen and oxygen atoms in total. The van der Waals surface area contributed by atoms with Crippen LogP contribution in [0, 0.1) is 11.8 Å². The van der Waals surface area contributed by atoms with Crippen molar-refractivity contribution in [2.24, 2.45) is 11.8 Å². The fraction of sp³-hybridized carbons (Fsp3) is 0.571. The summed E-state index contributed by atoms with van der Waals surface area (Å²) in [5.74, 6) is 1.87. The highest BCUT2D eigenvalue weighted by atomic mass is 35.5. The van der Waals surface area contributed by atoms with Crippen LogP contribution in [0.3, 0.4) is 0 Å². The first-order valence-corrected chi connectivity index (χ1v) is 7.03. The summed E-state index contributed by atoms with van der Waals surface area (Å²) < 4.78 is 0. The van der Waals surface area contributed by atoms with Gasteiger partial charge in [0, 0.05) is 26.3 Å². The first kappa shape index (κ1) is 14.1. The summed E-state index contributed by atoms with van der Waals surface area (Å²) in [5, 5.41) is 3.34. The van der Waals surface area contributed by atoms with Crippen LogP contribution in [0.5, 0.6) is 0 Å². The van der Waals surface area contributed by atoms with Crippen LogP contribution >= 0.6 is 11.6 Å². The molecule has 1 aliphatic heterocycles. The molecule has 1 atom stereocenters. The zero-order valence-corrected chi connectivity index (χ0v) is 12.4. The van der Waals surface area contributed by atoms with Crippen LogP contribution in [-0.4, -0.2) is 35.9 Å². The molecule has 0 bridgehead atoms. The SMILES string of the molecule is CNc1cc(C(=O)N2CCC(C(C)C)C2)c(Cl)cn1. The molecule has 5 heteroatoms. The van der Waals surface area contributed by atoms with E-state index >= 15 is 0 Å². The van der Waals surface area contributed by atoms with Crippen molar-refractivity contribution in [2.75, 3.05) is 25.5 Å². The highest BCUT2D eigenvalue weighted by Gasteiger charge is 2.29. The minimum Gasteiger partial charge on any atom is -0.373 e.